The van der Waals surface area contributed by atoms with Gasteiger partial charge in [-0.3, -0.25) is 20.8 Å². The van der Waals surface area contributed by atoms with Crippen molar-refractivity contribution >= 4 is 17.3 Å². The van der Waals surface area contributed by atoms with Gasteiger partial charge in [-0.15, -0.1) is 0 Å². The van der Waals surface area contributed by atoms with Crippen LogP contribution in [-0.4, -0.2) is 41.5 Å². The zero-order valence-electron chi connectivity index (χ0n) is 11.7. The number of nitro benzene ring substituents is 1. The molecule has 1 unspecified atom stereocenters. The molecule has 1 atom stereocenters. The number of hydrogen-bond donors (Lipinski definition) is 2. The molecule has 1 aromatic carbocycles. The second kappa shape index (κ2) is 6.51. The second-order valence-corrected chi connectivity index (χ2v) is 4.92. The van der Waals surface area contributed by atoms with E-state index in [0.29, 0.717) is 25.4 Å². The number of nitrogens with zero attached hydrogens (tertiary/aromatic N) is 2. The van der Waals surface area contributed by atoms with Crippen LogP contribution >= 0.6 is 0 Å². The lowest BCUT2D eigenvalue weighted by Gasteiger charge is -2.23. The van der Waals surface area contributed by atoms with E-state index in [0.717, 1.165) is 6.42 Å². The Morgan fingerprint density at radius 1 is 1.57 bits per heavy atom. The van der Waals surface area contributed by atoms with Crippen molar-refractivity contribution in [3.05, 3.63) is 33.9 Å². The smallest absolute Gasteiger partial charge is 0.270 e. The average Bonchev–Trinajstić information content (AvgIpc) is 2.70. The lowest BCUT2D eigenvalue weighted by atomic mass is 10.1. The van der Waals surface area contributed by atoms with Crippen LogP contribution in [-0.2, 0) is 4.74 Å². The summed E-state index contributed by atoms with van der Waals surface area (Å²) in [7, 11) is 0. The molecule has 0 aromatic heterocycles. The van der Waals surface area contributed by atoms with Crippen LogP contribution in [0.2, 0.25) is 0 Å². The molecule has 1 saturated heterocycles. The summed E-state index contributed by atoms with van der Waals surface area (Å²) >= 11 is 0. The molecule has 1 aromatic rings. The molecule has 0 bridgehead atoms. The number of nitro groups is 1. The first kappa shape index (κ1) is 15.2. The van der Waals surface area contributed by atoms with Crippen molar-refractivity contribution in [1.82, 2.24) is 4.90 Å². The maximum absolute atomic E-state index is 12.6. The summed E-state index contributed by atoms with van der Waals surface area (Å²) in [5.74, 6) is 5.10. The van der Waals surface area contributed by atoms with Gasteiger partial charge in [0.15, 0.2) is 0 Å². The van der Waals surface area contributed by atoms with Crippen LogP contribution in [0.4, 0.5) is 11.4 Å². The number of benzene rings is 1. The molecule has 114 valence electrons. The fourth-order valence-corrected chi connectivity index (χ4v) is 2.30. The lowest BCUT2D eigenvalue weighted by Crippen LogP contribution is -2.36. The molecule has 1 heterocycles. The quantitative estimate of drug-likeness (QED) is 0.491. The van der Waals surface area contributed by atoms with Gasteiger partial charge in [-0.1, -0.05) is 0 Å². The summed E-state index contributed by atoms with van der Waals surface area (Å²) < 4.78 is 5.50. The normalized spacial score (nSPS) is 19.0. The summed E-state index contributed by atoms with van der Waals surface area (Å²) in [4.78, 5) is 24.6. The Balaban J connectivity index is 2.32. The molecule has 0 saturated carbocycles. The van der Waals surface area contributed by atoms with E-state index in [2.05, 4.69) is 5.43 Å². The first-order valence-electron chi connectivity index (χ1n) is 6.69. The van der Waals surface area contributed by atoms with Gasteiger partial charge in [0, 0.05) is 31.8 Å². The number of amides is 1. The molecule has 8 heteroatoms. The zero-order chi connectivity index (χ0) is 15.4. The van der Waals surface area contributed by atoms with E-state index in [-0.39, 0.29) is 23.3 Å². The highest BCUT2D eigenvalue weighted by Gasteiger charge is 2.24. The number of nitrogens with two attached hydrogens (primary N) is 1. The lowest BCUT2D eigenvalue weighted by molar-refractivity contribution is -0.384. The van der Waals surface area contributed by atoms with E-state index in [4.69, 9.17) is 10.6 Å². The molecule has 1 amide bonds. The Morgan fingerprint density at radius 3 is 3.00 bits per heavy atom. The Morgan fingerprint density at radius 2 is 2.33 bits per heavy atom. The third kappa shape index (κ3) is 3.47. The molecule has 1 aliphatic rings. The maximum atomic E-state index is 12.6. The van der Waals surface area contributed by atoms with Crippen molar-refractivity contribution in [2.45, 2.75) is 19.4 Å². The molecule has 2 rings (SSSR count). The van der Waals surface area contributed by atoms with Crippen LogP contribution < -0.4 is 11.3 Å². The first-order chi connectivity index (χ1) is 10.0. The van der Waals surface area contributed by atoms with Crippen LogP contribution in [0, 0.1) is 10.1 Å². The Hall–Kier alpha value is -2.19. The van der Waals surface area contributed by atoms with Gasteiger partial charge in [-0.05, 0) is 19.4 Å². The van der Waals surface area contributed by atoms with Crippen molar-refractivity contribution < 1.29 is 14.5 Å². The van der Waals surface area contributed by atoms with Gasteiger partial charge in [0.1, 0.15) is 0 Å². The maximum Gasteiger partial charge on any atom is 0.270 e. The number of anilines is 1. The van der Waals surface area contributed by atoms with Crippen LogP contribution in [0.15, 0.2) is 18.2 Å². The van der Waals surface area contributed by atoms with Crippen molar-refractivity contribution in [2.24, 2.45) is 5.84 Å². The van der Waals surface area contributed by atoms with Gasteiger partial charge >= 0.3 is 0 Å². The van der Waals surface area contributed by atoms with Gasteiger partial charge < -0.3 is 15.1 Å². The highest BCUT2D eigenvalue weighted by atomic mass is 16.6. The molecular formula is C13H18N4O4. The monoisotopic (exact) mass is 294 g/mol. The van der Waals surface area contributed by atoms with Crippen molar-refractivity contribution in [3.63, 3.8) is 0 Å². The minimum atomic E-state index is -0.536. The zero-order valence-corrected chi connectivity index (χ0v) is 11.7. The van der Waals surface area contributed by atoms with E-state index in [1.165, 1.54) is 18.2 Å². The average molecular weight is 294 g/mol. The standard InChI is InChI=1S/C13H18N4O4/c1-9-8-16(5-2-6-21-9)13(18)11-7-10(17(19)20)3-4-12(11)15-14/h3-4,7,9,15H,2,5-6,8,14H2,1H3. The number of carbonyl (C=O) groups excluding carboxylic acids is 1. The minimum absolute atomic E-state index is 0.0653. The number of non-ortho nitro benzene ring substituents is 1. The van der Waals surface area contributed by atoms with Crippen molar-refractivity contribution in [3.8, 4) is 0 Å². The number of hydrogen-bond acceptors (Lipinski definition) is 6. The summed E-state index contributed by atoms with van der Waals surface area (Å²) in [6.45, 7) is 3.49. The largest absolute Gasteiger partial charge is 0.377 e. The van der Waals surface area contributed by atoms with Gasteiger partial charge in [-0.2, -0.15) is 0 Å². The number of hydrazine groups is 1. The van der Waals surface area contributed by atoms with Gasteiger partial charge in [0.25, 0.3) is 11.6 Å². The third-order valence-electron chi connectivity index (χ3n) is 3.34. The third-order valence-corrected chi connectivity index (χ3v) is 3.34. The Kier molecular flexibility index (Phi) is 4.71. The number of carbonyl (C=O) groups is 1. The molecule has 0 spiro atoms. The van der Waals surface area contributed by atoms with E-state index >= 15 is 0 Å². The predicted octanol–water partition coefficient (Wildman–Crippen LogP) is 1.13. The number of rotatable bonds is 3. The van der Waals surface area contributed by atoms with Gasteiger partial charge in [0.05, 0.1) is 22.3 Å². The molecule has 1 aliphatic heterocycles. The molecule has 0 radical (unpaired) electrons. The molecule has 0 aliphatic carbocycles. The van der Waals surface area contributed by atoms with Crippen LogP contribution in [0.5, 0.6) is 0 Å². The fourth-order valence-electron chi connectivity index (χ4n) is 2.30. The summed E-state index contributed by atoms with van der Waals surface area (Å²) in [5.41, 5.74) is 2.82. The fraction of sp³-hybridized carbons (Fsp3) is 0.462. The van der Waals surface area contributed by atoms with E-state index in [9.17, 15) is 14.9 Å². The van der Waals surface area contributed by atoms with Crippen LogP contribution in [0.25, 0.3) is 0 Å². The highest BCUT2D eigenvalue weighted by Crippen LogP contribution is 2.23. The van der Waals surface area contributed by atoms with Crippen molar-refractivity contribution in [1.29, 1.82) is 0 Å². The van der Waals surface area contributed by atoms with E-state index < -0.39 is 4.92 Å². The second-order valence-electron chi connectivity index (χ2n) is 4.92. The predicted molar refractivity (Wildman–Crippen MR) is 76.8 cm³/mol. The summed E-state index contributed by atoms with van der Waals surface area (Å²) in [6.07, 6.45) is 0.667. The topological polar surface area (TPSA) is 111 Å². The van der Waals surface area contributed by atoms with Crippen LogP contribution in [0.3, 0.4) is 0 Å². The Labute approximate surface area is 122 Å². The van der Waals surface area contributed by atoms with Crippen molar-refractivity contribution in [2.75, 3.05) is 25.1 Å². The molecular weight excluding hydrogens is 276 g/mol. The number of nitrogen functional groups attached to an aromatic ring is 1. The molecule has 3 N–H and O–H groups in total. The summed E-state index contributed by atoms with van der Waals surface area (Å²) in [5, 5.41) is 10.9. The Bertz CT molecular complexity index is 549. The van der Waals surface area contributed by atoms with Crippen LogP contribution in [0.1, 0.15) is 23.7 Å². The number of nitrogens with one attached hydrogen (secondary N) is 1. The van der Waals surface area contributed by atoms with E-state index in [1.807, 2.05) is 6.92 Å². The van der Waals surface area contributed by atoms with Gasteiger partial charge in [-0.25, -0.2) is 0 Å². The SMILES string of the molecule is CC1CN(C(=O)c2cc([N+](=O)[O-])ccc2NN)CCCO1. The molecule has 8 nitrogen and oxygen atoms in total. The molecule has 21 heavy (non-hydrogen) atoms. The number of ether oxygens (including phenoxy) is 1. The highest BCUT2D eigenvalue weighted by molar-refractivity contribution is 6.00. The summed E-state index contributed by atoms with van der Waals surface area (Å²) in [6, 6.07) is 3.98. The minimum Gasteiger partial charge on any atom is -0.377 e. The molecule has 1 fully saturated rings. The van der Waals surface area contributed by atoms with Gasteiger partial charge in [0.2, 0.25) is 0 Å². The van der Waals surface area contributed by atoms with E-state index in [1.54, 1.807) is 4.90 Å². The first-order valence-corrected chi connectivity index (χ1v) is 6.69.